The van der Waals surface area contributed by atoms with Crippen LogP contribution in [0.4, 0.5) is 5.82 Å². The number of hydrogen-bond donors (Lipinski definition) is 1. The molecule has 5 rings (SSSR count). The van der Waals surface area contributed by atoms with E-state index in [1.54, 1.807) is 6.33 Å². The second-order valence-electron chi connectivity index (χ2n) is 7.42. The van der Waals surface area contributed by atoms with Gasteiger partial charge in [-0.2, -0.15) is 0 Å². The largest absolute Gasteiger partial charge is 0.437 e. The molecule has 146 valence electrons. The van der Waals surface area contributed by atoms with Crippen LogP contribution in [0.3, 0.4) is 0 Å². The van der Waals surface area contributed by atoms with Crippen LogP contribution in [0.25, 0.3) is 33.6 Å². The average Bonchev–Trinajstić information content (AvgIpc) is 3.43. The lowest BCUT2D eigenvalue weighted by Crippen LogP contribution is -2.26. The Morgan fingerprint density at radius 1 is 0.862 bits per heavy atom. The molecule has 0 amide bonds. The number of likely N-dealkylation sites (tertiary alicyclic amines) is 1. The number of benzene rings is 2. The molecule has 0 unspecified atom stereocenters. The summed E-state index contributed by atoms with van der Waals surface area (Å²) < 4.78 is 6.26. The molecule has 5 heteroatoms. The lowest BCUT2D eigenvalue weighted by Gasteiger charge is -2.15. The van der Waals surface area contributed by atoms with Crippen molar-refractivity contribution in [1.82, 2.24) is 14.9 Å². The molecule has 0 spiro atoms. The predicted octanol–water partition coefficient (Wildman–Crippen LogP) is 5.06. The topological polar surface area (TPSA) is 54.2 Å². The molecule has 0 bridgehead atoms. The first-order chi connectivity index (χ1) is 14.4. The zero-order valence-corrected chi connectivity index (χ0v) is 16.3. The van der Waals surface area contributed by atoms with Crippen molar-refractivity contribution in [2.24, 2.45) is 0 Å². The Hall–Kier alpha value is -3.18. The molecule has 1 aliphatic heterocycles. The molecule has 5 nitrogen and oxygen atoms in total. The fraction of sp³-hybridized carbons (Fsp3) is 0.250. The third kappa shape index (κ3) is 3.61. The first kappa shape index (κ1) is 17.9. The Bertz CT molecular complexity index is 1090. The zero-order chi connectivity index (χ0) is 19.5. The highest BCUT2D eigenvalue weighted by Crippen LogP contribution is 2.42. The number of fused-ring (bicyclic) bond motifs is 1. The van der Waals surface area contributed by atoms with E-state index < -0.39 is 0 Å². The molecular formula is C24H24N4O. The number of aromatic nitrogens is 2. The minimum absolute atomic E-state index is 0.612. The highest BCUT2D eigenvalue weighted by molar-refractivity contribution is 6.05. The van der Waals surface area contributed by atoms with Gasteiger partial charge in [-0.1, -0.05) is 60.7 Å². The van der Waals surface area contributed by atoms with Gasteiger partial charge in [0.1, 0.15) is 17.9 Å². The summed E-state index contributed by atoms with van der Waals surface area (Å²) in [6.45, 7) is 4.27. The maximum atomic E-state index is 6.26. The third-order valence-electron chi connectivity index (χ3n) is 5.51. The van der Waals surface area contributed by atoms with Crippen molar-refractivity contribution >= 4 is 16.9 Å². The average molecular weight is 384 g/mol. The van der Waals surface area contributed by atoms with Crippen LogP contribution in [0.5, 0.6) is 0 Å². The first-order valence-corrected chi connectivity index (χ1v) is 10.2. The van der Waals surface area contributed by atoms with Crippen LogP contribution in [0.15, 0.2) is 71.4 Å². The number of nitrogens with one attached hydrogen (secondary N) is 1. The summed E-state index contributed by atoms with van der Waals surface area (Å²) in [6, 6.07) is 20.5. The van der Waals surface area contributed by atoms with Crippen molar-refractivity contribution in [3.63, 3.8) is 0 Å². The summed E-state index contributed by atoms with van der Waals surface area (Å²) in [7, 11) is 0. The van der Waals surface area contributed by atoms with Gasteiger partial charge in [0.15, 0.2) is 0 Å². The van der Waals surface area contributed by atoms with Gasteiger partial charge in [-0.15, -0.1) is 0 Å². The van der Waals surface area contributed by atoms with Gasteiger partial charge < -0.3 is 14.6 Å². The van der Waals surface area contributed by atoms with E-state index in [1.807, 2.05) is 36.4 Å². The smallest absolute Gasteiger partial charge is 0.232 e. The normalized spacial score (nSPS) is 14.5. The summed E-state index contributed by atoms with van der Waals surface area (Å²) in [5, 5.41) is 4.48. The number of hydrogen-bond acceptors (Lipinski definition) is 5. The van der Waals surface area contributed by atoms with Gasteiger partial charge in [-0.3, -0.25) is 0 Å². The Kier molecular flexibility index (Phi) is 4.97. The highest BCUT2D eigenvalue weighted by atomic mass is 16.3. The Morgan fingerprint density at radius 2 is 1.55 bits per heavy atom. The molecule has 2 aromatic heterocycles. The monoisotopic (exact) mass is 384 g/mol. The summed E-state index contributed by atoms with van der Waals surface area (Å²) >= 11 is 0. The molecule has 1 aliphatic rings. The highest BCUT2D eigenvalue weighted by Gasteiger charge is 2.22. The number of nitrogens with zero attached hydrogens (tertiary/aromatic N) is 3. The molecule has 1 fully saturated rings. The van der Waals surface area contributed by atoms with E-state index in [0.29, 0.717) is 5.71 Å². The lowest BCUT2D eigenvalue weighted by atomic mass is 9.99. The van der Waals surface area contributed by atoms with Crippen LogP contribution in [0.2, 0.25) is 0 Å². The Morgan fingerprint density at radius 3 is 2.28 bits per heavy atom. The van der Waals surface area contributed by atoms with Gasteiger partial charge in [0.2, 0.25) is 5.71 Å². The van der Waals surface area contributed by atoms with E-state index in [-0.39, 0.29) is 0 Å². The van der Waals surface area contributed by atoms with Crippen molar-refractivity contribution in [3.05, 3.63) is 67.0 Å². The fourth-order valence-electron chi connectivity index (χ4n) is 4.08. The van der Waals surface area contributed by atoms with Crippen LogP contribution < -0.4 is 5.32 Å². The first-order valence-electron chi connectivity index (χ1n) is 10.2. The fourth-order valence-corrected chi connectivity index (χ4v) is 4.08. The van der Waals surface area contributed by atoms with Gasteiger partial charge in [-0.25, -0.2) is 9.97 Å². The van der Waals surface area contributed by atoms with Crippen LogP contribution >= 0.6 is 0 Å². The van der Waals surface area contributed by atoms with Gasteiger partial charge >= 0.3 is 0 Å². The molecule has 4 aromatic rings. The minimum Gasteiger partial charge on any atom is -0.437 e. The van der Waals surface area contributed by atoms with Gasteiger partial charge in [-0.05, 0) is 31.5 Å². The third-order valence-corrected chi connectivity index (χ3v) is 5.51. The summed E-state index contributed by atoms with van der Waals surface area (Å²) in [5.41, 5.74) is 3.78. The van der Waals surface area contributed by atoms with Crippen molar-refractivity contribution < 1.29 is 4.42 Å². The maximum absolute atomic E-state index is 6.26. The molecule has 0 radical (unpaired) electrons. The molecular weight excluding hydrogens is 360 g/mol. The van der Waals surface area contributed by atoms with Crippen LogP contribution in [0.1, 0.15) is 12.8 Å². The van der Waals surface area contributed by atoms with E-state index >= 15 is 0 Å². The molecule has 1 saturated heterocycles. The van der Waals surface area contributed by atoms with E-state index in [2.05, 4.69) is 44.5 Å². The second-order valence-corrected chi connectivity index (χ2v) is 7.42. The Labute approximate surface area is 170 Å². The van der Waals surface area contributed by atoms with Gasteiger partial charge in [0, 0.05) is 24.2 Å². The number of furan rings is 1. The second kappa shape index (κ2) is 8.05. The molecule has 0 atom stereocenters. The standard InChI is InChI=1S/C24H24N4O/c1-3-9-18(10-4-1)20-21-23(25-13-16-28-14-7-8-15-28)26-17-27-24(21)29-22(20)19-11-5-2-6-12-19/h1-6,9-12,17H,7-8,13-16H2,(H,25,26,27). The van der Waals surface area contributed by atoms with E-state index in [4.69, 9.17) is 4.42 Å². The molecule has 3 heterocycles. The van der Waals surface area contributed by atoms with E-state index in [1.165, 1.54) is 25.9 Å². The van der Waals surface area contributed by atoms with Crippen LogP contribution in [-0.4, -0.2) is 41.0 Å². The zero-order valence-electron chi connectivity index (χ0n) is 16.3. The molecule has 2 aromatic carbocycles. The molecule has 0 aliphatic carbocycles. The lowest BCUT2D eigenvalue weighted by molar-refractivity contribution is 0.352. The van der Waals surface area contributed by atoms with Crippen molar-refractivity contribution in [2.75, 3.05) is 31.5 Å². The van der Waals surface area contributed by atoms with Crippen LogP contribution in [0, 0.1) is 0 Å². The summed E-state index contributed by atoms with van der Waals surface area (Å²) in [5.74, 6) is 1.66. The molecule has 1 N–H and O–H groups in total. The van der Waals surface area contributed by atoms with E-state index in [0.717, 1.165) is 46.7 Å². The van der Waals surface area contributed by atoms with Crippen molar-refractivity contribution in [3.8, 4) is 22.5 Å². The molecule has 0 saturated carbocycles. The van der Waals surface area contributed by atoms with Crippen molar-refractivity contribution in [2.45, 2.75) is 12.8 Å². The van der Waals surface area contributed by atoms with Crippen molar-refractivity contribution in [1.29, 1.82) is 0 Å². The Balaban J connectivity index is 1.59. The summed E-state index contributed by atoms with van der Waals surface area (Å²) in [4.78, 5) is 11.5. The van der Waals surface area contributed by atoms with E-state index in [9.17, 15) is 0 Å². The predicted molar refractivity (Wildman–Crippen MR) is 117 cm³/mol. The summed E-state index contributed by atoms with van der Waals surface area (Å²) in [6.07, 6.45) is 4.18. The number of rotatable bonds is 6. The van der Waals surface area contributed by atoms with Gasteiger partial charge in [0.05, 0.1) is 5.39 Å². The van der Waals surface area contributed by atoms with Crippen LogP contribution in [-0.2, 0) is 0 Å². The molecule has 29 heavy (non-hydrogen) atoms. The number of anilines is 1. The van der Waals surface area contributed by atoms with Gasteiger partial charge in [0.25, 0.3) is 0 Å². The quantitative estimate of drug-likeness (QED) is 0.503. The SMILES string of the molecule is c1ccc(-c2oc3ncnc(NCCN4CCCC4)c3c2-c2ccccc2)cc1. The minimum atomic E-state index is 0.612. The maximum Gasteiger partial charge on any atom is 0.232 e.